The van der Waals surface area contributed by atoms with Crippen LogP contribution in [0.1, 0.15) is 30.9 Å². The van der Waals surface area contributed by atoms with Crippen molar-refractivity contribution in [3.8, 4) is 0 Å². The molecule has 0 saturated carbocycles. The lowest BCUT2D eigenvalue weighted by atomic mass is 9.92. The van der Waals surface area contributed by atoms with E-state index in [1.807, 2.05) is 0 Å². The third kappa shape index (κ3) is 4.79. The van der Waals surface area contributed by atoms with E-state index in [0.29, 0.717) is 12.6 Å². The summed E-state index contributed by atoms with van der Waals surface area (Å²) < 4.78 is 5.42. The molecule has 132 valence electrons. The monoisotopic (exact) mass is 331 g/mol. The zero-order valence-corrected chi connectivity index (χ0v) is 14.6. The maximum absolute atomic E-state index is 12.5. The molecule has 2 saturated heterocycles. The summed E-state index contributed by atoms with van der Waals surface area (Å²) in [5.41, 5.74) is 2.53. The molecule has 1 aromatic rings. The number of morpholine rings is 1. The van der Waals surface area contributed by atoms with Crippen LogP contribution in [0.25, 0.3) is 0 Å². The highest BCUT2D eigenvalue weighted by Crippen LogP contribution is 2.17. The van der Waals surface area contributed by atoms with Crippen molar-refractivity contribution in [3.63, 3.8) is 0 Å². The predicted octanol–water partition coefficient (Wildman–Crippen LogP) is 1.52. The average molecular weight is 331 g/mol. The zero-order valence-electron chi connectivity index (χ0n) is 14.6. The highest BCUT2D eigenvalue weighted by molar-refractivity contribution is 5.78. The number of amides is 1. The third-order valence-electron chi connectivity index (χ3n) is 5.06. The van der Waals surface area contributed by atoms with Gasteiger partial charge < -0.3 is 15.4 Å². The molecule has 2 N–H and O–H groups in total. The maximum Gasteiger partial charge on any atom is 0.223 e. The number of carbonyl (C=O) groups excluding carboxylic acids is 1. The Labute approximate surface area is 144 Å². The lowest BCUT2D eigenvalue weighted by molar-refractivity contribution is -0.126. The summed E-state index contributed by atoms with van der Waals surface area (Å²) >= 11 is 0. The first kappa shape index (κ1) is 17.4. The molecule has 3 rings (SSSR count). The van der Waals surface area contributed by atoms with E-state index in [1.54, 1.807) is 0 Å². The molecule has 1 amide bonds. The van der Waals surface area contributed by atoms with Gasteiger partial charge in [-0.1, -0.05) is 24.3 Å². The fraction of sp³-hybridized carbons (Fsp3) is 0.632. The number of ether oxygens (including phenoxy) is 1. The molecule has 0 spiro atoms. The molecule has 24 heavy (non-hydrogen) atoms. The van der Waals surface area contributed by atoms with E-state index in [2.05, 4.69) is 46.7 Å². The summed E-state index contributed by atoms with van der Waals surface area (Å²) in [6.07, 6.45) is 1.87. The van der Waals surface area contributed by atoms with Gasteiger partial charge in [-0.15, -0.1) is 0 Å². The van der Waals surface area contributed by atoms with Gasteiger partial charge in [-0.2, -0.15) is 0 Å². The van der Waals surface area contributed by atoms with Crippen LogP contribution in [-0.2, 0) is 22.6 Å². The third-order valence-corrected chi connectivity index (χ3v) is 5.06. The van der Waals surface area contributed by atoms with E-state index in [0.717, 1.165) is 52.2 Å². The SMILES string of the molecule is C[C@H]1C[C@@H](C(=O)NCc2ccccc2CN2CCOCC2)CCN1. The highest BCUT2D eigenvalue weighted by Gasteiger charge is 2.24. The Bertz CT molecular complexity index is 543. The molecule has 0 unspecified atom stereocenters. The van der Waals surface area contributed by atoms with Crippen molar-refractivity contribution >= 4 is 5.91 Å². The molecule has 2 heterocycles. The second kappa shape index (κ2) is 8.60. The van der Waals surface area contributed by atoms with E-state index < -0.39 is 0 Å². The molecule has 5 nitrogen and oxygen atoms in total. The number of nitrogens with zero attached hydrogens (tertiary/aromatic N) is 1. The Hall–Kier alpha value is -1.43. The normalized spacial score (nSPS) is 25.4. The molecule has 5 heteroatoms. The molecule has 1 aromatic carbocycles. The number of rotatable bonds is 5. The van der Waals surface area contributed by atoms with Crippen molar-refractivity contribution in [2.75, 3.05) is 32.8 Å². The number of piperidine rings is 1. The molecular formula is C19H29N3O2. The van der Waals surface area contributed by atoms with Gasteiger partial charge in [0, 0.05) is 38.1 Å². The Balaban J connectivity index is 1.55. The summed E-state index contributed by atoms with van der Waals surface area (Å²) in [7, 11) is 0. The van der Waals surface area contributed by atoms with Crippen LogP contribution in [0.2, 0.25) is 0 Å². The summed E-state index contributed by atoms with van der Waals surface area (Å²) in [4.78, 5) is 14.9. The molecule has 0 aliphatic carbocycles. The van der Waals surface area contributed by atoms with Crippen LogP contribution in [0.5, 0.6) is 0 Å². The summed E-state index contributed by atoms with van der Waals surface area (Å²) in [5, 5.41) is 6.56. The van der Waals surface area contributed by atoms with Crippen molar-refractivity contribution in [1.29, 1.82) is 0 Å². The minimum atomic E-state index is 0.146. The van der Waals surface area contributed by atoms with Gasteiger partial charge in [0.1, 0.15) is 0 Å². The standard InChI is InChI=1S/C19H29N3O2/c1-15-12-16(6-7-20-15)19(23)21-13-17-4-2-3-5-18(17)14-22-8-10-24-11-9-22/h2-5,15-16,20H,6-14H2,1H3,(H,21,23)/t15-,16-/m0/s1. The van der Waals surface area contributed by atoms with Crippen molar-refractivity contribution in [2.24, 2.45) is 5.92 Å². The minimum absolute atomic E-state index is 0.146. The summed E-state index contributed by atoms with van der Waals surface area (Å²) in [5.74, 6) is 0.345. The van der Waals surface area contributed by atoms with Crippen LogP contribution in [0, 0.1) is 5.92 Å². The Kier molecular flexibility index (Phi) is 6.24. The number of carbonyl (C=O) groups is 1. The van der Waals surface area contributed by atoms with Crippen LogP contribution in [0.3, 0.4) is 0 Å². The average Bonchev–Trinajstić information content (AvgIpc) is 2.61. The number of hydrogen-bond donors (Lipinski definition) is 2. The van der Waals surface area contributed by atoms with Gasteiger partial charge in [-0.25, -0.2) is 0 Å². The Morgan fingerprint density at radius 2 is 2.04 bits per heavy atom. The summed E-state index contributed by atoms with van der Waals surface area (Å²) in [6, 6.07) is 8.86. The van der Waals surface area contributed by atoms with E-state index in [1.165, 1.54) is 11.1 Å². The molecule has 2 atom stereocenters. The van der Waals surface area contributed by atoms with Crippen LogP contribution in [0.15, 0.2) is 24.3 Å². The van der Waals surface area contributed by atoms with Gasteiger partial charge >= 0.3 is 0 Å². The highest BCUT2D eigenvalue weighted by atomic mass is 16.5. The molecule has 0 bridgehead atoms. The fourth-order valence-corrected chi connectivity index (χ4v) is 3.58. The Morgan fingerprint density at radius 3 is 2.79 bits per heavy atom. The van der Waals surface area contributed by atoms with Crippen molar-refractivity contribution in [2.45, 2.75) is 38.9 Å². The second-order valence-electron chi connectivity index (χ2n) is 6.95. The number of hydrogen-bond acceptors (Lipinski definition) is 4. The minimum Gasteiger partial charge on any atom is -0.379 e. The van der Waals surface area contributed by atoms with E-state index in [-0.39, 0.29) is 11.8 Å². The molecule has 0 aromatic heterocycles. The largest absolute Gasteiger partial charge is 0.379 e. The molecule has 2 aliphatic heterocycles. The van der Waals surface area contributed by atoms with Gasteiger partial charge in [-0.05, 0) is 37.4 Å². The lowest BCUT2D eigenvalue weighted by Gasteiger charge is -2.28. The first-order valence-electron chi connectivity index (χ1n) is 9.10. The van der Waals surface area contributed by atoms with Crippen molar-refractivity contribution in [3.05, 3.63) is 35.4 Å². The second-order valence-corrected chi connectivity index (χ2v) is 6.95. The van der Waals surface area contributed by atoms with Gasteiger partial charge in [0.25, 0.3) is 0 Å². The van der Waals surface area contributed by atoms with Crippen molar-refractivity contribution < 1.29 is 9.53 Å². The molecule has 2 aliphatic rings. The lowest BCUT2D eigenvalue weighted by Crippen LogP contribution is -2.42. The zero-order chi connectivity index (χ0) is 16.8. The molecule has 0 radical (unpaired) electrons. The van der Waals surface area contributed by atoms with Crippen LogP contribution in [-0.4, -0.2) is 49.7 Å². The number of benzene rings is 1. The van der Waals surface area contributed by atoms with Crippen LogP contribution < -0.4 is 10.6 Å². The van der Waals surface area contributed by atoms with Crippen molar-refractivity contribution in [1.82, 2.24) is 15.5 Å². The van der Waals surface area contributed by atoms with E-state index in [4.69, 9.17) is 4.74 Å². The van der Waals surface area contributed by atoms with Gasteiger partial charge in [0.05, 0.1) is 13.2 Å². The fourth-order valence-electron chi connectivity index (χ4n) is 3.58. The van der Waals surface area contributed by atoms with E-state index in [9.17, 15) is 4.79 Å². The smallest absolute Gasteiger partial charge is 0.223 e. The predicted molar refractivity (Wildman–Crippen MR) is 94.6 cm³/mol. The van der Waals surface area contributed by atoms with E-state index >= 15 is 0 Å². The van der Waals surface area contributed by atoms with Gasteiger partial charge in [0.15, 0.2) is 0 Å². The molecular weight excluding hydrogens is 302 g/mol. The molecule has 2 fully saturated rings. The number of nitrogens with one attached hydrogen (secondary N) is 2. The first-order chi connectivity index (χ1) is 11.7. The first-order valence-corrected chi connectivity index (χ1v) is 9.10. The van der Waals surface area contributed by atoms with Gasteiger partial charge in [-0.3, -0.25) is 9.69 Å². The summed E-state index contributed by atoms with van der Waals surface area (Å²) in [6.45, 7) is 8.22. The Morgan fingerprint density at radius 1 is 1.29 bits per heavy atom. The van der Waals surface area contributed by atoms with Crippen LogP contribution in [0.4, 0.5) is 0 Å². The quantitative estimate of drug-likeness (QED) is 0.859. The van der Waals surface area contributed by atoms with Crippen LogP contribution >= 0.6 is 0 Å². The topological polar surface area (TPSA) is 53.6 Å². The maximum atomic E-state index is 12.5. The van der Waals surface area contributed by atoms with Gasteiger partial charge in [0.2, 0.25) is 5.91 Å².